The number of ketones is 1. The number of nitrogens with zero attached hydrogens (tertiary/aromatic N) is 1. The highest BCUT2D eigenvalue weighted by molar-refractivity contribution is 7.89. The number of hydrogen-bond acceptors (Lipinski definition) is 6. The second-order valence-corrected chi connectivity index (χ2v) is 9.25. The fourth-order valence-corrected chi connectivity index (χ4v) is 4.71. The first kappa shape index (κ1) is 21.1. The van der Waals surface area contributed by atoms with Gasteiger partial charge in [-0.3, -0.25) is 9.59 Å². The summed E-state index contributed by atoms with van der Waals surface area (Å²) in [7, 11) is -3.81. The van der Waals surface area contributed by atoms with Crippen LogP contribution in [-0.2, 0) is 21.2 Å². The average molecular weight is 432 g/mol. The third-order valence-electron chi connectivity index (χ3n) is 4.30. The van der Waals surface area contributed by atoms with E-state index in [-0.39, 0.29) is 29.6 Å². The molecule has 0 bridgehead atoms. The minimum atomic E-state index is -3.81. The summed E-state index contributed by atoms with van der Waals surface area (Å²) in [5, 5.41) is 3.19. The molecule has 0 saturated heterocycles. The number of amides is 1. The van der Waals surface area contributed by atoms with E-state index in [0.29, 0.717) is 10.7 Å². The van der Waals surface area contributed by atoms with Crippen molar-refractivity contribution in [1.82, 2.24) is 9.71 Å². The van der Waals surface area contributed by atoms with E-state index in [9.17, 15) is 18.0 Å². The van der Waals surface area contributed by atoms with Crippen molar-refractivity contribution in [3.05, 3.63) is 53.6 Å². The van der Waals surface area contributed by atoms with Gasteiger partial charge in [0, 0.05) is 18.5 Å². The third kappa shape index (κ3) is 5.26. The Bertz CT molecular complexity index is 1170. The Morgan fingerprint density at radius 1 is 1.14 bits per heavy atom. The lowest BCUT2D eigenvalue weighted by Crippen LogP contribution is -2.28. The van der Waals surface area contributed by atoms with Crippen molar-refractivity contribution in [1.29, 1.82) is 0 Å². The zero-order valence-electron chi connectivity index (χ0n) is 16.1. The van der Waals surface area contributed by atoms with Gasteiger partial charge < -0.3 is 5.32 Å². The maximum atomic E-state index is 12.4. The number of hydrogen-bond donors (Lipinski definition) is 2. The van der Waals surface area contributed by atoms with E-state index in [0.717, 1.165) is 16.6 Å². The molecule has 0 unspecified atom stereocenters. The first-order valence-electron chi connectivity index (χ1n) is 9.08. The third-order valence-corrected chi connectivity index (χ3v) is 6.69. The molecule has 3 aromatic rings. The van der Waals surface area contributed by atoms with E-state index in [1.54, 1.807) is 6.07 Å². The molecule has 2 N–H and O–H groups in total. The molecule has 0 radical (unpaired) electrons. The Hall–Kier alpha value is -2.62. The quantitative estimate of drug-likeness (QED) is 0.532. The second-order valence-electron chi connectivity index (χ2n) is 6.45. The van der Waals surface area contributed by atoms with Crippen LogP contribution in [0.15, 0.2) is 47.4 Å². The molecule has 0 aliphatic carbocycles. The lowest BCUT2D eigenvalue weighted by atomic mass is 10.2. The minimum absolute atomic E-state index is 0.0106. The zero-order chi connectivity index (χ0) is 21.0. The standard InChI is InChI=1S/C20H21N3O4S2/c1-3-14-7-8-17-18(11-14)28-20(22-17)23-19(25)9-10-21-29(26,27)16-6-4-5-15(12-16)13(2)24/h4-8,11-12,21H,3,9-10H2,1-2H3,(H,22,23,25). The molecule has 0 saturated carbocycles. The van der Waals surface area contributed by atoms with Gasteiger partial charge in [-0.1, -0.05) is 36.5 Å². The van der Waals surface area contributed by atoms with E-state index in [1.807, 2.05) is 18.2 Å². The number of anilines is 1. The van der Waals surface area contributed by atoms with Crippen molar-refractivity contribution in [2.24, 2.45) is 0 Å². The number of carbonyl (C=O) groups excluding carboxylic acids is 2. The number of aryl methyl sites for hydroxylation is 1. The number of aromatic nitrogens is 1. The van der Waals surface area contributed by atoms with Gasteiger partial charge in [-0.05, 0) is 43.2 Å². The molecule has 9 heteroatoms. The highest BCUT2D eigenvalue weighted by Crippen LogP contribution is 2.27. The number of Topliss-reactive ketones (excluding diaryl/α,β-unsaturated/α-hetero) is 1. The van der Waals surface area contributed by atoms with Crippen molar-refractivity contribution in [2.45, 2.75) is 31.6 Å². The van der Waals surface area contributed by atoms with E-state index < -0.39 is 10.0 Å². The summed E-state index contributed by atoms with van der Waals surface area (Å²) in [6, 6.07) is 11.8. The number of thiazole rings is 1. The second kappa shape index (κ2) is 8.81. The summed E-state index contributed by atoms with van der Waals surface area (Å²) in [6.45, 7) is 3.38. The molecule has 1 aromatic heterocycles. The Balaban J connectivity index is 1.58. The molecule has 152 valence electrons. The normalized spacial score (nSPS) is 11.5. The van der Waals surface area contributed by atoms with Crippen molar-refractivity contribution in [3.8, 4) is 0 Å². The maximum absolute atomic E-state index is 12.4. The smallest absolute Gasteiger partial charge is 0.240 e. The average Bonchev–Trinajstić information content (AvgIpc) is 3.08. The monoisotopic (exact) mass is 431 g/mol. The van der Waals surface area contributed by atoms with Crippen LogP contribution >= 0.6 is 11.3 Å². The van der Waals surface area contributed by atoms with Gasteiger partial charge in [0.25, 0.3) is 0 Å². The van der Waals surface area contributed by atoms with Gasteiger partial charge in [-0.15, -0.1) is 0 Å². The molecule has 2 aromatic carbocycles. The summed E-state index contributed by atoms with van der Waals surface area (Å²) in [5.74, 6) is -0.553. The highest BCUT2D eigenvalue weighted by atomic mass is 32.2. The summed E-state index contributed by atoms with van der Waals surface area (Å²) in [5.41, 5.74) is 2.32. The van der Waals surface area contributed by atoms with Gasteiger partial charge in [0.15, 0.2) is 10.9 Å². The SMILES string of the molecule is CCc1ccc2nc(NC(=O)CCNS(=O)(=O)c3cccc(C(C)=O)c3)sc2c1. The maximum Gasteiger partial charge on any atom is 0.240 e. The Morgan fingerprint density at radius 2 is 1.93 bits per heavy atom. The molecule has 0 fully saturated rings. The number of benzene rings is 2. The van der Waals surface area contributed by atoms with Crippen LogP contribution in [0.1, 0.15) is 36.2 Å². The highest BCUT2D eigenvalue weighted by Gasteiger charge is 2.16. The molecule has 0 atom stereocenters. The van der Waals surface area contributed by atoms with Gasteiger partial charge >= 0.3 is 0 Å². The Morgan fingerprint density at radius 3 is 2.66 bits per heavy atom. The lowest BCUT2D eigenvalue weighted by molar-refractivity contribution is -0.116. The first-order valence-corrected chi connectivity index (χ1v) is 11.4. The van der Waals surface area contributed by atoms with Crippen LogP contribution in [0.4, 0.5) is 5.13 Å². The Labute approximate surface area is 173 Å². The van der Waals surface area contributed by atoms with Gasteiger partial charge in [-0.2, -0.15) is 0 Å². The lowest BCUT2D eigenvalue weighted by Gasteiger charge is -2.07. The van der Waals surface area contributed by atoms with Crippen LogP contribution in [0.25, 0.3) is 10.2 Å². The van der Waals surface area contributed by atoms with E-state index >= 15 is 0 Å². The molecule has 1 heterocycles. The van der Waals surface area contributed by atoms with Gasteiger partial charge in [0.1, 0.15) is 0 Å². The summed E-state index contributed by atoms with van der Waals surface area (Å²) < 4.78 is 28.1. The predicted octanol–water partition coefficient (Wildman–Crippen LogP) is 3.37. The number of sulfonamides is 1. The van der Waals surface area contributed by atoms with Gasteiger partial charge in [-0.25, -0.2) is 18.1 Å². The number of carbonyl (C=O) groups is 2. The topological polar surface area (TPSA) is 105 Å². The van der Waals surface area contributed by atoms with Crippen LogP contribution < -0.4 is 10.0 Å². The van der Waals surface area contributed by atoms with Crippen molar-refractivity contribution >= 4 is 48.4 Å². The van der Waals surface area contributed by atoms with Gasteiger partial charge in [0.05, 0.1) is 15.1 Å². The Kier molecular flexibility index (Phi) is 6.41. The van der Waals surface area contributed by atoms with Crippen molar-refractivity contribution < 1.29 is 18.0 Å². The minimum Gasteiger partial charge on any atom is -0.302 e. The van der Waals surface area contributed by atoms with Crippen LogP contribution in [0.5, 0.6) is 0 Å². The van der Waals surface area contributed by atoms with Crippen LogP contribution in [0, 0.1) is 0 Å². The van der Waals surface area contributed by atoms with Crippen molar-refractivity contribution in [2.75, 3.05) is 11.9 Å². The number of nitrogens with one attached hydrogen (secondary N) is 2. The summed E-state index contributed by atoms with van der Waals surface area (Å²) >= 11 is 1.38. The first-order chi connectivity index (χ1) is 13.8. The molecular weight excluding hydrogens is 410 g/mol. The largest absolute Gasteiger partial charge is 0.302 e. The van der Waals surface area contributed by atoms with E-state index in [2.05, 4.69) is 21.9 Å². The molecule has 0 aliphatic rings. The van der Waals surface area contributed by atoms with Crippen molar-refractivity contribution in [3.63, 3.8) is 0 Å². The van der Waals surface area contributed by atoms with Gasteiger partial charge in [0.2, 0.25) is 15.9 Å². The molecule has 7 nitrogen and oxygen atoms in total. The predicted molar refractivity (Wildman–Crippen MR) is 114 cm³/mol. The van der Waals surface area contributed by atoms with E-state index in [4.69, 9.17) is 0 Å². The fraction of sp³-hybridized carbons (Fsp3) is 0.250. The molecule has 1 amide bonds. The molecule has 3 rings (SSSR count). The van der Waals surface area contributed by atoms with Crippen LogP contribution in [0.2, 0.25) is 0 Å². The fourth-order valence-electron chi connectivity index (χ4n) is 2.69. The zero-order valence-corrected chi connectivity index (χ0v) is 17.7. The summed E-state index contributed by atoms with van der Waals surface area (Å²) in [6.07, 6.45) is 0.882. The molecule has 0 aliphatic heterocycles. The summed E-state index contributed by atoms with van der Waals surface area (Å²) in [4.78, 5) is 27.9. The van der Waals surface area contributed by atoms with Crippen LogP contribution in [0.3, 0.4) is 0 Å². The molecule has 29 heavy (non-hydrogen) atoms. The van der Waals surface area contributed by atoms with Crippen LogP contribution in [-0.4, -0.2) is 31.6 Å². The van der Waals surface area contributed by atoms with E-state index in [1.165, 1.54) is 42.0 Å². The molecule has 0 spiro atoms. The number of rotatable bonds is 8. The molecular formula is C20H21N3O4S2. The number of fused-ring (bicyclic) bond motifs is 1.